The van der Waals surface area contributed by atoms with E-state index in [2.05, 4.69) is 10.6 Å². The Morgan fingerprint density at radius 3 is 1.52 bits per heavy atom. The number of urea groups is 2. The normalized spacial score (nSPS) is 14.1. The van der Waals surface area contributed by atoms with Gasteiger partial charge in [0.1, 0.15) is 13.1 Å². The molecule has 0 unspecified atom stereocenters. The molecular formula is C14H18N6O6S. The van der Waals surface area contributed by atoms with E-state index in [0.29, 0.717) is 0 Å². The molecule has 0 fully saturated rings. The van der Waals surface area contributed by atoms with Gasteiger partial charge in [0, 0.05) is 14.1 Å². The predicted octanol–water partition coefficient (Wildman–Crippen LogP) is -1.53. The maximum atomic E-state index is 12.8. The second-order valence-corrected chi connectivity index (χ2v) is 7.04. The molecule has 27 heavy (non-hydrogen) atoms. The summed E-state index contributed by atoms with van der Waals surface area (Å²) in [6, 6.07) is 4.46. The number of nitrogens with zero attached hydrogens (tertiary/aromatic N) is 2. The minimum Gasteiger partial charge on any atom is -0.341 e. The predicted molar refractivity (Wildman–Crippen MR) is 95.3 cm³/mol. The van der Waals surface area contributed by atoms with Gasteiger partial charge in [-0.05, 0) is 12.1 Å². The number of benzene rings is 1. The van der Waals surface area contributed by atoms with Crippen molar-refractivity contribution < 1.29 is 27.6 Å². The highest BCUT2D eigenvalue weighted by atomic mass is 32.2. The number of imide groups is 2. The summed E-state index contributed by atoms with van der Waals surface area (Å²) < 4.78 is 27.2. The zero-order chi connectivity index (χ0) is 20.2. The van der Waals surface area contributed by atoms with Gasteiger partial charge in [-0.3, -0.25) is 20.2 Å². The molecule has 1 aromatic rings. The first kappa shape index (κ1) is 20.0. The Kier molecular flexibility index (Phi) is 5.85. The summed E-state index contributed by atoms with van der Waals surface area (Å²) in [6.07, 6.45) is 0. The molecule has 0 bridgehead atoms. The third kappa shape index (κ3) is 4.25. The van der Waals surface area contributed by atoms with Gasteiger partial charge in [-0.25, -0.2) is 18.2 Å². The van der Waals surface area contributed by atoms with Crippen LogP contribution in [0, 0.1) is 0 Å². The summed E-state index contributed by atoms with van der Waals surface area (Å²) in [4.78, 5) is 46.4. The molecule has 1 aromatic carbocycles. The molecule has 0 radical (unpaired) electrons. The quantitative estimate of drug-likeness (QED) is 0.482. The lowest BCUT2D eigenvalue weighted by Gasteiger charge is -2.20. The Morgan fingerprint density at radius 2 is 1.19 bits per heavy atom. The van der Waals surface area contributed by atoms with Crippen LogP contribution in [0.15, 0.2) is 24.3 Å². The molecule has 146 valence electrons. The molecule has 0 saturated heterocycles. The Morgan fingerprint density at radius 1 is 0.815 bits per heavy atom. The molecule has 12 nitrogen and oxygen atoms in total. The average Bonchev–Trinajstić information content (AvgIpc) is 2.82. The van der Waals surface area contributed by atoms with Crippen LogP contribution in [0.4, 0.5) is 21.0 Å². The summed E-state index contributed by atoms with van der Waals surface area (Å²) in [5, 5.41) is 8.30. The summed E-state index contributed by atoms with van der Waals surface area (Å²) in [6.45, 7) is -1.33. The second-order valence-electron chi connectivity index (χ2n) is 5.26. The molecule has 0 atom stereocenters. The van der Waals surface area contributed by atoms with Gasteiger partial charge in [-0.1, -0.05) is 12.1 Å². The molecule has 4 N–H and O–H groups in total. The van der Waals surface area contributed by atoms with Crippen LogP contribution in [-0.2, 0) is 19.8 Å². The number of nitrogens with one attached hydrogen (secondary N) is 4. The van der Waals surface area contributed by atoms with E-state index in [4.69, 9.17) is 0 Å². The van der Waals surface area contributed by atoms with Gasteiger partial charge in [-0.15, -0.1) is 0 Å². The van der Waals surface area contributed by atoms with Gasteiger partial charge in [0.05, 0.1) is 11.4 Å². The van der Waals surface area contributed by atoms with E-state index >= 15 is 0 Å². The third-order valence-electron chi connectivity index (χ3n) is 3.51. The summed E-state index contributed by atoms with van der Waals surface area (Å²) in [7, 11) is -1.67. The summed E-state index contributed by atoms with van der Waals surface area (Å²) >= 11 is 0. The van der Waals surface area contributed by atoms with Gasteiger partial charge in [0.15, 0.2) is 0 Å². The van der Waals surface area contributed by atoms with Gasteiger partial charge in [0.25, 0.3) is 0 Å². The van der Waals surface area contributed by atoms with Crippen LogP contribution in [0.2, 0.25) is 0 Å². The highest BCUT2D eigenvalue weighted by Crippen LogP contribution is 2.40. The first-order chi connectivity index (χ1) is 12.7. The lowest BCUT2D eigenvalue weighted by Crippen LogP contribution is -2.49. The van der Waals surface area contributed by atoms with Gasteiger partial charge in [0.2, 0.25) is 11.8 Å². The van der Waals surface area contributed by atoms with E-state index in [-0.39, 0.29) is 11.4 Å². The van der Waals surface area contributed by atoms with Gasteiger partial charge >= 0.3 is 22.3 Å². The number of rotatable bonds is 4. The average molecular weight is 398 g/mol. The van der Waals surface area contributed by atoms with Gasteiger partial charge < -0.3 is 10.6 Å². The minimum atomic E-state index is -4.28. The van der Waals surface area contributed by atoms with E-state index in [1.807, 2.05) is 10.6 Å². The fraction of sp³-hybridized carbons (Fsp3) is 0.286. The Balaban J connectivity index is 2.28. The van der Waals surface area contributed by atoms with Crippen molar-refractivity contribution in [2.24, 2.45) is 0 Å². The fourth-order valence-electron chi connectivity index (χ4n) is 2.31. The van der Waals surface area contributed by atoms with Crippen LogP contribution in [0.25, 0.3) is 0 Å². The van der Waals surface area contributed by atoms with Crippen molar-refractivity contribution in [3.63, 3.8) is 0 Å². The van der Waals surface area contributed by atoms with E-state index in [0.717, 1.165) is 8.61 Å². The van der Waals surface area contributed by atoms with E-state index in [1.165, 1.54) is 26.2 Å². The van der Waals surface area contributed by atoms with Crippen molar-refractivity contribution in [1.29, 1.82) is 0 Å². The molecular weight excluding hydrogens is 380 g/mol. The highest BCUT2D eigenvalue weighted by molar-refractivity contribution is 7.94. The number of hydrogen-bond donors (Lipinski definition) is 4. The maximum Gasteiger partial charge on any atom is 0.327 e. The van der Waals surface area contributed by atoms with Crippen LogP contribution in [0.1, 0.15) is 0 Å². The zero-order valence-electron chi connectivity index (χ0n) is 14.5. The maximum absolute atomic E-state index is 12.8. The molecule has 0 saturated carbocycles. The van der Waals surface area contributed by atoms with Gasteiger partial charge in [-0.2, -0.15) is 8.42 Å². The van der Waals surface area contributed by atoms with Crippen molar-refractivity contribution in [1.82, 2.24) is 21.3 Å². The smallest absolute Gasteiger partial charge is 0.327 e. The fourth-order valence-corrected chi connectivity index (χ4v) is 3.91. The van der Waals surface area contributed by atoms with Crippen molar-refractivity contribution in [2.45, 2.75) is 0 Å². The number of carbonyl (C=O) groups excluding carboxylic acids is 4. The number of amides is 6. The van der Waals surface area contributed by atoms with Crippen LogP contribution < -0.4 is 29.9 Å². The standard InChI is InChI=1S/C14H18N6O6S/c1-15-13(23)17-11(21)7-19-9-5-3-4-6-10(9)20(27(19,25)26)8-12(22)18-14(24)16-2/h3-6H,7-8H2,1-2H3,(H2,15,17,21,23)(H2,16,18,22,24). The topological polar surface area (TPSA) is 157 Å². The Labute approximate surface area is 155 Å². The number of carbonyl (C=O) groups is 4. The van der Waals surface area contributed by atoms with Crippen molar-refractivity contribution >= 4 is 45.5 Å². The Bertz CT molecular complexity index is 821. The monoisotopic (exact) mass is 398 g/mol. The lowest BCUT2D eigenvalue weighted by molar-refractivity contribution is -0.119. The Hall–Kier alpha value is -3.35. The third-order valence-corrected chi connectivity index (χ3v) is 5.28. The molecule has 13 heteroatoms. The van der Waals surface area contributed by atoms with Crippen LogP contribution >= 0.6 is 0 Å². The molecule has 0 spiro atoms. The van der Waals surface area contributed by atoms with Crippen molar-refractivity contribution in [3.8, 4) is 0 Å². The van der Waals surface area contributed by atoms with Crippen LogP contribution in [-0.4, -0.2) is 59.5 Å². The first-order valence-corrected chi connectivity index (χ1v) is 9.03. The van der Waals surface area contributed by atoms with E-state index < -0.39 is 47.2 Å². The van der Waals surface area contributed by atoms with Crippen LogP contribution in [0.5, 0.6) is 0 Å². The number of para-hydroxylation sites is 2. The number of hydrogen-bond acceptors (Lipinski definition) is 6. The zero-order valence-corrected chi connectivity index (χ0v) is 15.3. The minimum absolute atomic E-state index is 0.164. The molecule has 0 aromatic heterocycles. The number of fused-ring (bicyclic) bond motifs is 1. The largest absolute Gasteiger partial charge is 0.341 e. The molecule has 2 rings (SSSR count). The molecule has 1 aliphatic heterocycles. The van der Waals surface area contributed by atoms with Crippen LogP contribution in [0.3, 0.4) is 0 Å². The highest BCUT2D eigenvalue weighted by Gasteiger charge is 2.42. The molecule has 1 aliphatic rings. The van der Waals surface area contributed by atoms with Crippen molar-refractivity contribution in [3.05, 3.63) is 24.3 Å². The summed E-state index contributed by atoms with van der Waals surface area (Å²) in [5.74, 6) is -1.71. The SMILES string of the molecule is CNC(=O)NC(=O)CN1c2ccccc2N(CC(=O)NC(=O)NC)S1(=O)=O. The molecule has 0 aliphatic carbocycles. The lowest BCUT2D eigenvalue weighted by atomic mass is 10.2. The van der Waals surface area contributed by atoms with Crippen molar-refractivity contribution in [2.75, 3.05) is 35.8 Å². The second kappa shape index (κ2) is 7.90. The molecule has 6 amide bonds. The first-order valence-electron chi connectivity index (χ1n) is 7.63. The molecule has 1 heterocycles. The van der Waals surface area contributed by atoms with E-state index in [9.17, 15) is 27.6 Å². The number of anilines is 2. The summed E-state index contributed by atoms with van der Waals surface area (Å²) in [5.41, 5.74) is 0.328. The van der Waals surface area contributed by atoms with E-state index in [1.54, 1.807) is 12.1 Å².